The van der Waals surface area contributed by atoms with Gasteiger partial charge < -0.3 is 14.5 Å². The van der Waals surface area contributed by atoms with Crippen molar-refractivity contribution in [3.63, 3.8) is 0 Å². The molecule has 30 heavy (non-hydrogen) atoms. The number of thioether (sulfide) groups is 1. The molecule has 1 aliphatic heterocycles. The summed E-state index contributed by atoms with van der Waals surface area (Å²) in [5.41, 5.74) is 0.927. The molecule has 1 saturated heterocycles. The summed E-state index contributed by atoms with van der Waals surface area (Å²) in [7, 11) is 1.63. The fraction of sp³-hybridized carbons (Fsp3) is 0.524. The molecule has 0 spiro atoms. The average molecular weight is 430 g/mol. The van der Waals surface area contributed by atoms with E-state index < -0.39 is 0 Å². The average Bonchev–Trinajstić information content (AvgIpc) is 3.11. The first-order valence-electron chi connectivity index (χ1n) is 10.3. The van der Waals surface area contributed by atoms with Crippen LogP contribution in [-0.4, -0.2) is 75.4 Å². The quantitative estimate of drug-likeness (QED) is 0.655. The number of rotatable bonds is 6. The van der Waals surface area contributed by atoms with Gasteiger partial charge in [-0.25, -0.2) is 0 Å². The van der Waals surface area contributed by atoms with Crippen LogP contribution >= 0.6 is 11.8 Å². The Bertz CT molecular complexity index is 902. The number of nitrogens with zero attached hydrogens (tertiary/aromatic N) is 5. The fourth-order valence-corrected chi connectivity index (χ4v) is 4.67. The maximum Gasteiger partial charge on any atom is 0.233 e. The smallest absolute Gasteiger partial charge is 0.233 e. The van der Waals surface area contributed by atoms with Gasteiger partial charge in [0.05, 0.1) is 12.9 Å². The van der Waals surface area contributed by atoms with Crippen molar-refractivity contribution >= 4 is 23.6 Å². The molecule has 2 amide bonds. The van der Waals surface area contributed by atoms with Crippen LogP contribution < -0.4 is 4.74 Å². The fourth-order valence-electron chi connectivity index (χ4n) is 3.77. The Morgan fingerprint density at radius 1 is 1.07 bits per heavy atom. The highest BCUT2D eigenvalue weighted by Gasteiger charge is 2.32. The summed E-state index contributed by atoms with van der Waals surface area (Å²) in [6.45, 7) is 4.35. The standard InChI is InChI=1S/C21H27N5O3S/c1-15-22-23-21(26(15)17-6-8-18(29-2)9-7-17)30-14-19(27)24-10-12-25(13-11-24)20(28)16-4-3-5-16/h6-9,16H,3-5,10-14H2,1-2H3. The zero-order valence-corrected chi connectivity index (χ0v) is 18.2. The number of amides is 2. The third kappa shape index (κ3) is 4.30. The van der Waals surface area contributed by atoms with E-state index in [0.717, 1.165) is 36.5 Å². The molecule has 8 nitrogen and oxygen atoms in total. The van der Waals surface area contributed by atoms with Crippen LogP contribution in [0.2, 0.25) is 0 Å². The Morgan fingerprint density at radius 2 is 1.73 bits per heavy atom. The monoisotopic (exact) mass is 429 g/mol. The van der Waals surface area contributed by atoms with Crippen molar-refractivity contribution in [1.29, 1.82) is 0 Å². The lowest BCUT2D eigenvalue weighted by Crippen LogP contribution is -2.53. The first-order valence-corrected chi connectivity index (χ1v) is 11.3. The van der Waals surface area contributed by atoms with Crippen molar-refractivity contribution in [2.24, 2.45) is 5.92 Å². The van der Waals surface area contributed by atoms with Crippen LogP contribution in [0.25, 0.3) is 5.69 Å². The number of carbonyl (C=O) groups excluding carboxylic acids is 2. The van der Waals surface area contributed by atoms with E-state index in [1.807, 2.05) is 45.6 Å². The molecular formula is C21H27N5O3S. The molecule has 4 rings (SSSR count). The SMILES string of the molecule is COc1ccc(-n2c(C)nnc2SCC(=O)N2CCN(C(=O)C3CCC3)CC2)cc1. The number of ether oxygens (including phenoxy) is 1. The molecule has 9 heteroatoms. The molecule has 2 aromatic rings. The first-order chi connectivity index (χ1) is 14.6. The minimum Gasteiger partial charge on any atom is -0.497 e. The van der Waals surface area contributed by atoms with Crippen LogP contribution in [0.15, 0.2) is 29.4 Å². The number of aryl methyl sites for hydroxylation is 1. The Kier molecular flexibility index (Phi) is 6.26. The number of hydrogen-bond donors (Lipinski definition) is 0. The van der Waals surface area contributed by atoms with Crippen molar-refractivity contribution in [3.8, 4) is 11.4 Å². The Morgan fingerprint density at radius 3 is 2.33 bits per heavy atom. The summed E-state index contributed by atoms with van der Waals surface area (Å²) in [6, 6.07) is 7.66. The third-order valence-electron chi connectivity index (χ3n) is 5.85. The number of aromatic nitrogens is 3. The largest absolute Gasteiger partial charge is 0.497 e. The molecule has 1 aromatic carbocycles. The summed E-state index contributed by atoms with van der Waals surface area (Å²) >= 11 is 1.39. The second-order valence-electron chi connectivity index (χ2n) is 7.69. The number of carbonyl (C=O) groups is 2. The van der Waals surface area contributed by atoms with Crippen LogP contribution in [0.4, 0.5) is 0 Å². The van der Waals surface area contributed by atoms with Crippen LogP contribution in [-0.2, 0) is 9.59 Å². The van der Waals surface area contributed by atoms with Crippen molar-refractivity contribution in [1.82, 2.24) is 24.6 Å². The van der Waals surface area contributed by atoms with Crippen LogP contribution in [0, 0.1) is 12.8 Å². The van der Waals surface area contributed by atoms with Gasteiger partial charge in [0.1, 0.15) is 11.6 Å². The van der Waals surface area contributed by atoms with E-state index in [2.05, 4.69) is 10.2 Å². The van der Waals surface area contributed by atoms with Gasteiger partial charge in [-0.2, -0.15) is 0 Å². The van der Waals surface area contributed by atoms with Gasteiger partial charge in [-0.15, -0.1) is 10.2 Å². The lowest BCUT2D eigenvalue weighted by atomic mass is 9.84. The molecule has 0 unspecified atom stereocenters. The third-order valence-corrected chi connectivity index (χ3v) is 6.76. The maximum atomic E-state index is 12.7. The summed E-state index contributed by atoms with van der Waals surface area (Å²) in [4.78, 5) is 28.9. The molecule has 1 saturated carbocycles. The van der Waals surface area contributed by atoms with Gasteiger partial charge in [0.25, 0.3) is 0 Å². The van der Waals surface area contributed by atoms with Crippen LogP contribution in [0.1, 0.15) is 25.1 Å². The van der Waals surface area contributed by atoms with E-state index >= 15 is 0 Å². The molecular weight excluding hydrogens is 402 g/mol. The predicted molar refractivity (Wildman–Crippen MR) is 114 cm³/mol. The molecule has 0 atom stereocenters. The summed E-state index contributed by atoms with van der Waals surface area (Å²) < 4.78 is 7.15. The van der Waals surface area contributed by atoms with E-state index in [-0.39, 0.29) is 17.7 Å². The normalized spacial score (nSPS) is 17.0. The Hall–Kier alpha value is -2.55. The zero-order chi connectivity index (χ0) is 21.1. The second kappa shape index (κ2) is 9.07. The van der Waals surface area contributed by atoms with Gasteiger partial charge in [0.2, 0.25) is 11.8 Å². The lowest BCUT2D eigenvalue weighted by molar-refractivity contribution is -0.143. The van der Waals surface area contributed by atoms with Gasteiger partial charge in [-0.1, -0.05) is 18.2 Å². The maximum absolute atomic E-state index is 12.7. The molecule has 1 aromatic heterocycles. The lowest BCUT2D eigenvalue weighted by Gasteiger charge is -2.38. The number of hydrogen-bond acceptors (Lipinski definition) is 6. The highest BCUT2D eigenvalue weighted by molar-refractivity contribution is 7.99. The van der Waals surface area contributed by atoms with Crippen molar-refractivity contribution < 1.29 is 14.3 Å². The molecule has 0 radical (unpaired) electrons. The Balaban J connectivity index is 1.33. The van der Waals surface area contributed by atoms with Gasteiger partial charge >= 0.3 is 0 Å². The minimum absolute atomic E-state index is 0.0673. The van der Waals surface area contributed by atoms with Gasteiger partial charge in [0, 0.05) is 37.8 Å². The van der Waals surface area contributed by atoms with E-state index in [0.29, 0.717) is 37.1 Å². The second-order valence-corrected chi connectivity index (χ2v) is 8.63. The molecule has 2 heterocycles. The van der Waals surface area contributed by atoms with Crippen molar-refractivity contribution in [2.45, 2.75) is 31.3 Å². The van der Waals surface area contributed by atoms with E-state index in [1.165, 1.54) is 11.8 Å². The van der Waals surface area contributed by atoms with Crippen molar-refractivity contribution in [3.05, 3.63) is 30.1 Å². The topological polar surface area (TPSA) is 80.6 Å². The van der Waals surface area contributed by atoms with Crippen LogP contribution in [0.5, 0.6) is 5.75 Å². The van der Waals surface area contributed by atoms with Crippen LogP contribution in [0.3, 0.4) is 0 Å². The highest BCUT2D eigenvalue weighted by Crippen LogP contribution is 2.29. The van der Waals surface area contributed by atoms with Crippen molar-refractivity contribution in [2.75, 3.05) is 39.0 Å². The highest BCUT2D eigenvalue weighted by atomic mass is 32.2. The number of benzene rings is 1. The first kappa shape index (κ1) is 20.7. The predicted octanol–water partition coefficient (Wildman–Crippen LogP) is 2.15. The summed E-state index contributed by atoms with van der Waals surface area (Å²) in [5.74, 6) is 2.39. The summed E-state index contributed by atoms with van der Waals surface area (Å²) in [6.07, 6.45) is 3.19. The molecule has 0 N–H and O–H groups in total. The van der Waals surface area contributed by atoms with Gasteiger partial charge in [-0.3, -0.25) is 14.2 Å². The number of piperazine rings is 1. The zero-order valence-electron chi connectivity index (χ0n) is 17.4. The Labute approximate surface area is 180 Å². The minimum atomic E-state index is 0.0673. The number of methoxy groups -OCH3 is 1. The summed E-state index contributed by atoms with van der Waals surface area (Å²) in [5, 5.41) is 9.11. The van der Waals surface area contributed by atoms with Gasteiger partial charge in [-0.05, 0) is 44.0 Å². The molecule has 2 aliphatic rings. The molecule has 1 aliphatic carbocycles. The van der Waals surface area contributed by atoms with E-state index in [4.69, 9.17) is 4.74 Å². The molecule has 0 bridgehead atoms. The van der Waals surface area contributed by atoms with Gasteiger partial charge in [0.15, 0.2) is 5.16 Å². The van der Waals surface area contributed by atoms with E-state index in [1.54, 1.807) is 7.11 Å². The molecule has 2 fully saturated rings. The van der Waals surface area contributed by atoms with E-state index in [9.17, 15) is 9.59 Å². The molecule has 160 valence electrons.